The lowest BCUT2D eigenvalue weighted by Gasteiger charge is -2.32. The van der Waals surface area contributed by atoms with E-state index in [0.29, 0.717) is 17.1 Å². The number of methoxy groups -OCH3 is 2. The van der Waals surface area contributed by atoms with Crippen LogP contribution in [0.1, 0.15) is 30.1 Å². The Morgan fingerprint density at radius 2 is 2.00 bits per heavy atom. The van der Waals surface area contributed by atoms with Crippen molar-refractivity contribution < 1.29 is 14.3 Å². The first-order valence-corrected chi connectivity index (χ1v) is 6.58. The number of hydrogen-bond donors (Lipinski definition) is 1. The Hall–Kier alpha value is -1.55. The van der Waals surface area contributed by atoms with Crippen LogP contribution in [0.2, 0.25) is 0 Å². The van der Waals surface area contributed by atoms with Gasteiger partial charge in [-0.15, -0.1) is 0 Å². The number of ketones is 1. The van der Waals surface area contributed by atoms with Crippen LogP contribution in [0.5, 0.6) is 11.5 Å². The molecule has 1 fully saturated rings. The highest BCUT2D eigenvalue weighted by Crippen LogP contribution is 2.33. The van der Waals surface area contributed by atoms with Gasteiger partial charge in [-0.25, -0.2) is 0 Å². The van der Waals surface area contributed by atoms with E-state index >= 15 is 0 Å². The largest absolute Gasteiger partial charge is 0.493 e. The summed E-state index contributed by atoms with van der Waals surface area (Å²) in [5.74, 6) is 1.41. The highest BCUT2D eigenvalue weighted by atomic mass is 16.5. The number of ether oxygens (including phenoxy) is 2. The minimum absolute atomic E-state index is 0.167. The molecule has 1 aliphatic heterocycles. The fourth-order valence-electron chi connectivity index (χ4n) is 2.58. The van der Waals surface area contributed by atoms with Gasteiger partial charge in [0.2, 0.25) is 0 Å². The Bertz CT molecular complexity index is 464. The van der Waals surface area contributed by atoms with E-state index in [9.17, 15) is 4.79 Å². The molecule has 1 unspecified atom stereocenters. The van der Waals surface area contributed by atoms with Crippen LogP contribution in [-0.2, 0) is 0 Å². The molecule has 0 spiro atoms. The van der Waals surface area contributed by atoms with Crippen LogP contribution in [0.3, 0.4) is 0 Å². The molecule has 1 heterocycles. The second kappa shape index (κ2) is 5.61. The van der Waals surface area contributed by atoms with Crippen molar-refractivity contribution in [3.8, 4) is 11.5 Å². The molecule has 0 amide bonds. The normalized spacial score (nSPS) is 22.9. The van der Waals surface area contributed by atoms with Gasteiger partial charge in [-0.05, 0) is 37.6 Å². The van der Waals surface area contributed by atoms with Crippen LogP contribution in [0.15, 0.2) is 18.2 Å². The van der Waals surface area contributed by atoms with E-state index in [1.54, 1.807) is 26.4 Å². The molecule has 0 aromatic heterocycles. The highest BCUT2D eigenvalue weighted by molar-refractivity contribution is 6.01. The molecule has 0 aliphatic carbocycles. The molecule has 2 rings (SSSR count). The van der Waals surface area contributed by atoms with Gasteiger partial charge < -0.3 is 14.8 Å². The van der Waals surface area contributed by atoms with E-state index in [4.69, 9.17) is 9.47 Å². The monoisotopic (exact) mass is 263 g/mol. The zero-order chi connectivity index (χ0) is 13.9. The maximum Gasteiger partial charge on any atom is 0.170 e. The van der Waals surface area contributed by atoms with Gasteiger partial charge in [0.1, 0.15) is 0 Å². The van der Waals surface area contributed by atoms with E-state index in [1.165, 1.54) is 0 Å². The summed E-state index contributed by atoms with van der Waals surface area (Å²) in [7, 11) is 3.17. The average molecular weight is 263 g/mol. The summed E-state index contributed by atoms with van der Waals surface area (Å²) < 4.78 is 10.4. The first-order chi connectivity index (χ1) is 9.10. The number of piperidine rings is 1. The van der Waals surface area contributed by atoms with Gasteiger partial charge in [0, 0.05) is 17.5 Å². The van der Waals surface area contributed by atoms with E-state index in [2.05, 4.69) is 5.32 Å². The number of carbonyl (C=O) groups excluding carboxylic acids is 1. The zero-order valence-electron chi connectivity index (χ0n) is 11.8. The molecule has 0 radical (unpaired) electrons. The Kier molecular flexibility index (Phi) is 4.10. The molecular weight excluding hydrogens is 242 g/mol. The van der Waals surface area contributed by atoms with Crippen LogP contribution < -0.4 is 14.8 Å². The van der Waals surface area contributed by atoms with Gasteiger partial charge >= 0.3 is 0 Å². The summed E-state index contributed by atoms with van der Waals surface area (Å²) >= 11 is 0. The molecule has 1 atom stereocenters. The third-order valence-electron chi connectivity index (χ3n) is 3.79. The molecule has 19 heavy (non-hydrogen) atoms. The Morgan fingerprint density at radius 1 is 1.26 bits per heavy atom. The van der Waals surface area contributed by atoms with Crippen molar-refractivity contribution in [1.29, 1.82) is 0 Å². The highest BCUT2D eigenvalue weighted by Gasteiger charge is 2.35. The van der Waals surface area contributed by atoms with Gasteiger partial charge in [-0.2, -0.15) is 0 Å². The predicted molar refractivity (Wildman–Crippen MR) is 74.1 cm³/mol. The minimum Gasteiger partial charge on any atom is -0.493 e. The van der Waals surface area contributed by atoms with Gasteiger partial charge in [-0.1, -0.05) is 6.92 Å². The number of Topliss-reactive ketones (excluding diaryl/α,β-unsaturated/α-hetero) is 1. The fourth-order valence-corrected chi connectivity index (χ4v) is 2.58. The van der Waals surface area contributed by atoms with Crippen LogP contribution >= 0.6 is 0 Å². The average Bonchev–Trinajstić information content (AvgIpc) is 2.46. The van der Waals surface area contributed by atoms with E-state index in [0.717, 1.165) is 25.9 Å². The van der Waals surface area contributed by atoms with Crippen molar-refractivity contribution >= 4 is 5.78 Å². The minimum atomic E-state index is -0.322. The van der Waals surface area contributed by atoms with Gasteiger partial charge in [0.05, 0.1) is 14.2 Å². The smallest absolute Gasteiger partial charge is 0.170 e. The fraction of sp³-hybridized carbons (Fsp3) is 0.533. The third-order valence-corrected chi connectivity index (χ3v) is 3.79. The van der Waals surface area contributed by atoms with E-state index in [-0.39, 0.29) is 11.2 Å². The zero-order valence-corrected chi connectivity index (χ0v) is 11.8. The molecule has 4 nitrogen and oxygen atoms in total. The maximum absolute atomic E-state index is 12.7. The molecule has 1 N–H and O–H groups in total. The number of carbonyl (C=O) groups is 1. The summed E-state index contributed by atoms with van der Waals surface area (Å²) in [6, 6.07) is 5.36. The van der Waals surface area contributed by atoms with Crippen molar-refractivity contribution in [3.05, 3.63) is 23.8 Å². The maximum atomic E-state index is 12.7. The van der Waals surface area contributed by atoms with Crippen molar-refractivity contribution in [3.63, 3.8) is 0 Å². The lowest BCUT2D eigenvalue weighted by atomic mass is 9.76. The second-order valence-electron chi connectivity index (χ2n) is 5.24. The lowest BCUT2D eigenvalue weighted by Crippen LogP contribution is -2.43. The van der Waals surface area contributed by atoms with Crippen molar-refractivity contribution in [2.45, 2.75) is 19.8 Å². The third kappa shape index (κ3) is 2.73. The number of rotatable bonds is 4. The second-order valence-corrected chi connectivity index (χ2v) is 5.24. The number of benzene rings is 1. The van der Waals surface area contributed by atoms with E-state index < -0.39 is 0 Å². The number of nitrogens with one attached hydrogen (secondary N) is 1. The number of hydrogen-bond acceptors (Lipinski definition) is 4. The molecule has 1 aromatic carbocycles. The Balaban J connectivity index is 2.28. The first kappa shape index (κ1) is 13.9. The molecule has 4 heteroatoms. The summed E-state index contributed by atoms with van der Waals surface area (Å²) in [5, 5.41) is 3.30. The summed E-state index contributed by atoms with van der Waals surface area (Å²) in [5.41, 5.74) is 0.363. The molecule has 0 bridgehead atoms. The molecule has 1 aromatic rings. The van der Waals surface area contributed by atoms with Crippen LogP contribution in [0.25, 0.3) is 0 Å². The van der Waals surface area contributed by atoms with E-state index in [1.807, 2.05) is 13.0 Å². The predicted octanol–water partition coefficient (Wildman–Crippen LogP) is 2.28. The van der Waals surface area contributed by atoms with Crippen molar-refractivity contribution in [1.82, 2.24) is 5.32 Å². The molecule has 104 valence electrons. The summed E-state index contributed by atoms with van der Waals surface area (Å²) in [6.07, 6.45) is 1.96. The van der Waals surface area contributed by atoms with Gasteiger partial charge in [0.15, 0.2) is 17.3 Å². The summed E-state index contributed by atoms with van der Waals surface area (Å²) in [6.45, 7) is 3.76. The molecular formula is C15H21NO3. The van der Waals surface area contributed by atoms with Crippen molar-refractivity contribution in [2.24, 2.45) is 5.41 Å². The van der Waals surface area contributed by atoms with Crippen LogP contribution in [-0.4, -0.2) is 33.1 Å². The molecule has 1 aliphatic rings. The Morgan fingerprint density at radius 3 is 2.58 bits per heavy atom. The Labute approximate surface area is 114 Å². The molecule has 1 saturated heterocycles. The summed E-state index contributed by atoms with van der Waals surface area (Å²) in [4.78, 5) is 12.7. The quantitative estimate of drug-likeness (QED) is 0.847. The standard InChI is InChI=1S/C15H21NO3/c1-15(7-4-8-16-10-15)14(17)11-5-6-12(18-2)13(9-11)19-3/h5-6,9,16H,4,7-8,10H2,1-3H3. The first-order valence-electron chi connectivity index (χ1n) is 6.58. The van der Waals surface area contributed by atoms with Gasteiger partial charge in [-0.3, -0.25) is 4.79 Å². The topological polar surface area (TPSA) is 47.6 Å². The molecule has 0 saturated carbocycles. The SMILES string of the molecule is COc1ccc(C(=O)C2(C)CCCNC2)cc1OC. The van der Waals surface area contributed by atoms with Crippen LogP contribution in [0.4, 0.5) is 0 Å². The van der Waals surface area contributed by atoms with Crippen molar-refractivity contribution in [2.75, 3.05) is 27.3 Å². The lowest BCUT2D eigenvalue weighted by molar-refractivity contribution is 0.0772. The van der Waals surface area contributed by atoms with Gasteiger partial charge in [0.25, 0.3) is 0 Å². The van der Waals surface area contributed by atoms with Crippen LogP contribution in [0, 0.1) is 5.41 Å².